The quantitative estimate of drug-likeness (QED) is 0.382. The number of hydrogen-bond donors (Lipinski definition) is 3. The van der Waals surface area contributed by atoms with E-state index < -0.39 is 15.9 Å². The number of methoxy groups -OCH3 is 1. The van der Waals surface area contributed by atoms with Gasteiger partial charge < -0.3 is 15.2 Å². The molecule has 0 spiro atoms. The molecule has 0 atom stereocenters. The first kappa shape index (κ1) is 21.1. The number of aryl methyl sites for hydroxylation is 1. The summed E-state index contributed by atoms with van der Waals surface area (Å²) in [6, 6.07) is 11.8. The number of ether oxygens (including phenoxy) is 1. The number of carbonyl (C=O) groups excluding carboxylic acids is 1. The lowest BCUT2D eigenvalue weighted by molar-refractivity contribution is 0.102. The number of phenolic OH excluding ortho intramolecular Hbond substituents is 1. The zero-order valence-electron chi connectivity index (χ0n) is 17.1. The van der Waals surface area contributed by atoms with Crippen molar-refractivity contribution in [2.45, 2.75) is 11.8 Å². The molecule has 1 amide bonds. The third kappa shape index (κ3) is 3.93. The highest BCUT2D eigenvalue weighted by molar-refractivity contribution is 7.92. The van der Waals surface area contributed by atoms with Crippen molar-refractivity contribution in [1.82, 2.24) is 14.6 Å². The molecule has 32 heavy (non-hydrogen) atoms. The Morgan fingerprint density at radius 2 is 1.91 bits per heavy atom. The van der Waals surface area contributed by atoms with E-state index in [9.17, 15) is 18.3 Å². The molecule has 0 bridgehead atoms. The van der Waals surface area contributed by atoms with E-state index >= 15 is 0 Å². The van der Waals surface area contributed by atoms with Crippen molar-refractivity contribution in [3.63, 3.8) is 0 Å². The van der Waals surface area contributed by atoms with Gasteiger partial charge >= 0.3 is 0 Å². The molecule has 4 aromatic rings. The lowest BCUT2D eigenvalue weighted by atomic mass is 10.2. The number of aromatic nitrogens is 3. The molecule has 2 aromatic carbocycles. The fraction of sp³-hybridized carbons (Fsp3) is 0.0952. The molecule has 0 unspecified atom stereocenters. The molecule has 0 aliphatic rings. The van der Waals surface area contributed by atoms with Crippen molar-refractivity contribution < 1.29 is 23.1 Å². The van der Waals surface area contributed by atoms with Crippen LogP contribution in [0.2, 0.25) is 0 Å². The second kappa shape index (κ2) is 8.19. The number of aromatic hydroxyl groups is 1. The van der Waals surface area contributed by atoms with Gasteiger partial charge in [0.25, 0.3) is 15.9 Å². The summed E-state index contributed by atoms with van der Waals surface area (Å²) in [5.41, 5.74) is 1.16. The number of anilines is 2. The Balaban J connectivity index is 1.65. The number of para-hydroxylation sites is 2. The average molecular weight is 453 g/mol. The summed E-state index contributed by atoms with van der Waals surface area (Å²) < 4.78 is 34.9. The van der Waals surface area contributed by atoms with Gasteiger partial charge in [0.15, 0.2) is 5.65 Å². The summed E-state index contributed by atoms with van der Waals surface area (Å²) in [6.45, 7) is 1.65. The Morgan fingerprint density at radius 1 is 1.12 bits per heavy atom. The zero-order valence-corrected chi connectivity index (χ0v) is 17.9. The van der Waals surface area contributed by atoms with Gasteiger partial charge in [-0.3, -0.25) is 9.52 Å². The maximum absolute atomic E-state index is 12.9. The van der Waals surface area contributed by atoms with Crippen molar-refractivity contribution in [2.75, 3.05) is 17.1 Å². The molecule has 164 valence electrons. The van der Waals surface area contributed by atoms with Gasteiger partial charge in [-0.15, -0.1) is 0 Å². The van der Waals surface area contributed by atoms with Crippen LogP contribution in [0.3, 0.4) is 0 Å². The Hall–Kier alpha value is -4.12. The molecule has 10 nitrogen and oxygen atoms in total. The summed E-state index contributed by atoms with van der Waals surface area (Å²) in [7, 11) is -2.61. The normalized spacial score (nSPS) is 11.3. The summed E-state index contributed by atoms with van der Waals surface area (Å²) in [5.74, 6) is -0.533. The van der Waals surface area contributed by atoms with Crippen LogP contribution in [0.25, 0.3) is 5.65 Å². The van der Waals surface area contributed by atoms with Crippen LogP contribution < -0.4 is 14.8 Å². The van der Waals surface area contributed by atoms with Crippen LogP contribution in [0.15, 0.2) is 65.8 Å². The maximum Gasteiger partial charge on any atom is 0.262 e. The minimum absolute atomic E-state index is 0.0763. The monoisotopic (exact) mass is 453 g/mol. The molecule has 0 fully saturated rings. The first-order valence-electron chi connectivity index (χ1n) is 9.40. The van der Waals surface area contributed by atoms with E-state index in [1.807, 2.05) is 0 Å². The van der Waals surface area contributed by atoms with Crippen molar-refractivity contribution in [1.29, 1.82) is 0 Å². The molecular weight excluding hydrogens is 434 g/mol. The second-order valence-corrected chi connectivity index (χ2v) is 8.47. The fourth-order valence-electron chi connectivity index (χ4n) is 3.16. The van der Waals surface area contributed by atoms with E-state index in [4.69, 9.17) is 4.74 Å². The molecule has 2 aromatic heterocycles. The number of hydrogen-bond acceptors (Lipinski definition) is 7. The van der Waals surface area contributed by atoms with Crippen LogP contribution in [0.1, 0.15) is 16.1 Å². The highest BCUT2D eigenvalue weighted by Crippen LogP contribution is 2.30. The Kier molecular flexibility index (Phi) is 5.41. The van der Waals surface area contributed by atoms with Gasteiger partial charge in [-0.1, -0.05) is 12.1 Å². The van der Waals surface area contributed by atoms with Gasteiger partial charge in [0.05, 0.1) is 29.1 Å². The van der Waals surface area contributed by atoms with Crippen molar-refractivity contribution in [3.8, 4) is 11.5 Å². The molecule has 0 aliphatic carbocycles. The van der Waals surface area contributed by atoms with E-state index in [0.29, 0.717) is 17.1 Å². The van der Waals surface area contributed by atoms with Crippen LogP contribution >= 0.6 is 0 Å². The number of benzene rings is 2. The number of nitrogens with one attached hydrogen (secondary N) is 2. The summed E-state index contributed by atoms with van der Waals surface area (Å²) in [4.78, 5) is 16.9. The van der Waals surface area contributed by atoms with Gasteiger partial charge in [-0.2, -0.15) is 5.10 Å². The number of phenols is 1. The molecule has 0 aliphatic heterocycles. The van der Waals surface area contributed by atoms with Crippen molar-refractivity contribution in [3.05, 3.63) is 72.2 Å². The largest absolute Gasteiger partial charge is 0.506 e. The average Bonchev–Trinajstić information content (AvgIpc) is 3.11. The van der Waals surface area contributed by atoms with Crippen LogP contribution in [0.5, 0.6) is 11.5 Å². The number of nitrogens with zero attached hydrogens (tertiary/aromatic N) is 3. The van der Waals surface area contributed by atoms with Crippen LogP contribution in [-0.4, -0.2) is 41.1 Å². The Bertz CT molecular complexity index is 1430. The number of amides is 1. The molecular formula is C21H19N5O5S. The fourth-order valence-corrected chi connectivity index (χ4v) is 4.26. The number of carbonyl (C=O) groups is 1. The number of sulfonamides is 1. The summed E-state index contributed by atoms with van der Waals surface area (Å²) in [5, 5.41) is 17.0. The van der Waals surface area contributed by atoms with Crippen LogP contribution in [0, 0.1) is 6.92 Å². The Morgan fingerprint density at radius 3 is 2.69 bits per heavy atom. The lowest BCUT2D eigenvalue weighted by Crippen LogP contribution is -2.16. The van der Waals surface area contributed by atoms with Crippen molar-refractivity contribution >= 4 is 33.0 Å². The van der Waals surface area contributed by atoms with Gasteiger partial charge in [0.1, 0.15) is 17.1 Å². The van der Waals surface area contributed by atoms with Gasteiger partial charge in [-0.05, 0) is 43.3 Å². The number of fused-ring (bicyclic) bond motifs is 1. The second-order valence-electron chi connectivity index (χ2n) is 6.79. The van der Waals surface area contributed by atoms with Crippen LogP contribution in [-0.2, 0) is 10.0 Å². The predicted octanol–water partition coefficient (Wildman–Crippen LogP) is 2.81. The molecule has 0 radical (unpaired) electrons. The van der Waals surface area contributed by atoms with Crippen molar-refractivity contribution in [2.24, 2.45) is 0 Å². The standard InChI is InChI=1S/C21H19N5O5S/c1-13-19(20-22-10-5-11-26(20)24-13)21(28)23-16-12-14(8-9-17(16)27)32(29,30)25-15-6-3-4-7-18(15)31-2/h3-12,25,27H,1-2H3,(H,23,28). The van der Waals surface area contributed by atoms with Gasteiger partial charge in [0, 0.05) is 12.4 Å². The molecule has 4 rings (SSSR count). The SMILES string of the molecule is COc1ccccc1NS(=O)(=O)c1ccc(O)c(NC(=O)c2c(C)nn3cccnc23)c1. The predicted molar refractivity (Wildman–Crippen MR) is 118 cm³/mol. The third-order valence-electron chi connectivity index (χ3n) is 4.68. The van der Waals surface area contributed by atoms with Gasteiger partial charge in [-0.25, -0.2) is 17.9 Å². The molecule has 0 saturated carbocycles. The van der Waals surface area contributed by atoms with E-state index in [1.54, 1.807) is 43.5 Å². The van der Waals surface area contributed by atoms with E-state index in [0.717, 1.165) is 0 Å². The van der Waals surface area contributed by atoms with E-state index in [-0.39, 0.29) is 27.6 Å². The maximum atomic E-state index is 12.9. The lowest BCUT2D eigenvalue weighted by Gasteiger charge is -2.13. The third-order valence-corrected chi connectivity index (χ3v) is 6.04. The highest BCUT2D eigenvalue weighted by Gasteiger charge is 2.22. The first-order chi connectivity index (χ1) is 15.3. The molecule has 11 heteroatoms. The topological polar surface area (TPSA) is 135 Å². The molecule has 2 heterocycles. The van der Waals surface area contributed by atoms with Crippen LogP contribution in [0.4, 0.5) is 11.4 Å². The van der Waals surface area contributed by atoms with Gasteiger partial charge in [0.2, 0.25) is 0 Å². The van der Waals surface area contributed by atoms with E-state index in [1.165, 1.54) is 36.0 Å². The number of rotatable bonds is 6. The highest BCUT2D eigenvalue weighted by atomic mass is 32.2. The first-order valence-corrected chi connectivity index (χ1v) is 10.9. The van der Waals surface area contributed by atoms with E-state index in [2.05, 4.69) is 20.1 Å². The summed E-state index contributed by atoms with van der Waals surface area (Å²) >= 11 is 0. The smallest absolute Gasteiger partial charge is 0.262 e. The minimum Gasteiger partial charge on any atom is -0.506 e. The Labute approximate surface area is 183 Å². The summed E-state index contributed by atoms with van der Waals surface area (Å²) in [6.07, 6.45) is 3.18. The molecule has 3 N–H and O–H groups in total. The zero-order chi connectivity index (χ0) is 22.9. The minimum atomic E-state index is -4.04. The molecule has 0 saturated heterocycles.